The Morgan fingerprint density at radius 2 is 1.48 bits per heavy atom. The summed E-state index contributed by atoms with van der Waals surface area (Å²) in [5, 5.41) is 0. The molecule has 3 aliphatic rings. The van der Waals surface area contributed by atoms with Gasteiger partial charge < -0.3 is 23.7 Å². The fourth-order valence-corrected chi connectivity index (χ4v) is 3.90. The lowest BCUT2D eigenvalue weighted by atomic mass is 9.97. The summed E-state index contributed by atoms with van der Waals surface area (Å²) in [6.07, 6.45) is -1.31. The van der Waals surface area contributed by atoms with E-state index in [1.54, 1.807) is 0 Å². The predicted molar refractivity (Wildman–Crippen MR) is 93.9 cm³/mol. The van der Waals surface area contributed by atoms with Crippen molar-refractivity contribution in [3.8, 4) is 0 Å². The first kappa shape index (κ1) is 17.0. The lowest BCUT2D eigenvalue weighted by Gasteiger charge is -2.40. The second kappa shape index (κ2) is 6.51. The van der Waals surface area contributed by atoms with Gasteiger partial charge in [0.1, 0.15) is 12.7 Å². The number of ketones is 1. The van der Waals surface area contributed by atoms with Gasteiger partial charge in [-0.15, -0.1) is 0 Å². The van der Waals surface area contributed by atoms with Crippen LogP contribution in [0.2, 0.25) is 0 Å². The van der Waals surface area contributed by atoms with E-state index in [2.05, 4.69) is 0 Å². The van der Waals surface area contributed by atoms with Crippen molar-refractivity contribution in [1.29, 1.82) is 0 Å². The van der Waals surface area contributed by atoms with Crippen LogP contribution in [0.15, 0.2) is 60.7 Å². The highest BCUT2D eigenvalue weighted by Gasteiger charge is 2.61. The van der Waals surface area contributed by atoms with Crippen molar-refractivity contribution >= 4 is 5.78 Å². The van der Waals surface area contributed by atoms with Gasteiger partial charge >= 0.3 is 0 Å². The molecule has 2 unspecified atom stereocenters. The van der Waals surface area contributed by atoms with E-state index in [1.165, 1.54) is 0 Å². The van der Waals surface area contributed by atoms with Crippen molar-refractivity contribution in [2.24, 2.45) is 0 Å². The maximum absolute atomic E-state index is 13.2. The molecule has 5 rings (SSSR count). The van der Waals surface area contributed by atoms with Gasteiger partial charge in [0.2, 0.25) is 11.6 Å². The fourth-order valence-electron chi connectivity index (χ4n) is 3.90. The molecular formula is C21H20O6. The molecule has 140 valence electrons. The zero-order chi connectivity index (χ0) is 18.3. The molecule has 6 heteroatoms. The van der Waals surface area contributed by atoms with Crippen LogP contribution in [0.1, 0.15) is 11.1 Å². The standard InChI is InChI=1S/C21H20O6/c22-19-18-17(13-25-20(19)14-23-11-12-24-20)26-21(27-18,15-7-3-1-4-8-15)16-9-5-2-6-10-16/h1-10,17-18H,11-14H2/t17?,18?,20-/m1/s1. The van der Waals surface area contributed by atoms with E-state index in [9.17, 15) is 4.79 Å². The van der Waals surface area contributed by atoms with Crippen LogP contribution < -0.4 is 0 Å². The largest absolute Gasteiger partial charge is 0.373 e. The van der Waals surface area contributed by atoms with E-state index in [0.717, 1.165) is 11.1 Å². The molecule has 0 saturated carbocycles. The summed E-state index contributed by atoms with van der Waals surface area (Å²) < 4.78 is 29.6. The smallest absolute Gasteiger partial charge is 0.256 e. The molecule has 0 amide bonds. The van der Waals surface area contributed by atoms with Gasteiger partial charge in [-0.3, -0.25) is 4.79 Å². The second-order valence-corrected chi connectivity index (χ2v) is 6.87. The van der Waals surface area contributed by atoms with Crippen LogP contribution in [0.25, 0.3) is 0 Å². The molecule has 0 N–H and O–H groups in total. The van der Waals surface area contributed by atoms with E-state index in [1.807, 2.05) is 60.7 Å². The van der Waals surface area contributed by atoms with Gasteiger partial charge in [-0.25, -0.2) is 0 Å². The number of hydrogen-bond donors (Lipinski definition) is 0. The topological polar surface area (TPSA) is 63.2 Å². The summed E-state index contributed by atoms with van der Waals surface area (Å²) in [7, 11) is 0. The van der Waals surface area contributed by atoms with Crippen molar-refractivity contribution in [3.05, 3.63) is 71.8 Å². The van der Waals surface area contributed by atoms with Crippen LogP contribution in [0.5, 0.6) is 0 Å². The first-order chi connectivity index (χ1) is 13.2. The number of carbonyl (C=O) groups excluding carboxylic acids is 1. The molecule has 2 aromatic carbocycles. The Morgan fingerprint density at radius 3 is 2.07 bits per heavy atom. The number of Topliss-reactive ketones (excluding diaryl/α,β-unsaturated/α-hetero) is 1. The average molecular weight is 368 g/mol. The first-order valence-electron chi connectivity index (χ1n) is 9.10. The number of hydrogen-bond acceptors (Lipinski definition) is 6. The summed E-state index contributed by atoms with van der Waals surface area (Å²) in [6.45, 7) is 1.03. The molecule has 6 nitrogen and oxygen atoms in total. The zero-order valence-electron chi connectivity index (χ0n) is 14.7. The van der Waals surface area contributed by atoms with Gasteiger partial charge in [-0.2, -0.15) is 0 Å². The quantitative estimate of drug-likeness (QED) is 0.808. The Balaban J connectivity index is 1.55. The predicted octanol–water partition coefficient (Wildman–Crippen LogP) is 2.01. The van der Waals surface area contributed by atoms with Crippen LogP contribution in [-0.4, -0.2) is 50.2 Å². The molecule has 0 aromatic heterocycles. The van der Waals surface area contributed by atoms with Crippen molar-refractivity contribution in [1.82, 2.24) is 0 Å². The maximum atomic E-state index is 13.2. The average Bonchev–Trinajstić information content (AvgIpc) is 3.15. The molecule has 3 heterocycles. The second-order valence-electron chi connectivity index (χ2n) is 6.87. The van der Waals surface area contributed by atoms with Gasteiger partial charge in [0.05, 0.1) is 19.8 Å². The molecule has 1 spiro atoms. The van der Waals surface area contributed by atoms with Crippen LogP contribution >= 0.6 is 0 Å². The summed E-state index contributed by atoms with van der Waals surface area (Å²) in [5.41, 5.74) is 1.65. The highest BCUT2D eigenvalue weighted by molar-refractivity contribution is 5.92. The molecule has 3 fully saturated rings. The number of rotatable bonds is 2. The molecule has 0 aliphatic carbocycles. The lowest BCUT2D eigenvalue weighted by molar-refractivity contribution is -0.294. The van der Waals surface area contributed by atoms with E-state index in [-0.39, 0.29) is 19.0 Å². The summed E-state index contributed by atoms with van der Waals surface area (Å²) in [4.78, 5) is 13.2. The third-order valence-corrected chi connectivity index (χ3v) is 5.23. The number of benzene rings is 2. The van der Waals surface area contributed by atoms with Crippen molar-refractivity contribution in [2.75, 3.05) is 26.4 Å². The summed E-state index contributed by atoms with van der Waals surface area (Å²) in [5.74, 6) is -2.85. The van der Waals surface area contributed by atoms with Crippen LogP contribution in [0.3, 0.4) is 0 Å². The van der Waals surface area contributed by atoms with Crippen LogP contribution in [-0.2, 0) is 34.3 Å². The Morgan fingerprint density at radius 1 is 0.815 bits per heavy atom. The third-order valence-electron chi connectivity index (χ3n) is 5.23. The van der Waals surface area contributed by atoms with Gasteiger partial charge in [-0.1, -0.05) is 60.7 Å². The Bertz CT molecular complexity index is 776. The molecule has 0 bridgehead atoms. The normalized spacial score (nSPS) is 32.4. The van der Waals surface area contributed by atoms with E-state index >= 15 is 0 Å². The molecule has 27 heavy (non-hydrogen) atoms. The fraction of sp³-hybridized carbons (Fsp3) is 0.381. The number of carbonyl (C=O) groups is 1. The Kier molecular flexibility index (Phi) is 4.11. The van der Waals surface area contributed by atoms with E-state index in [0.29, 0.717) is 13.2 Å². The maximum Gasteiger partial charge on any atom is 0.256 e. The number of ether oxygens (including phenoxy) is 5. The van der Waals surface area contributed by atoms with Gasteiger partial charge in [0.25, 0.3) is 5.79 Å². The van der Waals surface area contributed by atoms with Crippen molar-refractivity contribution in [2.45, 2.75) is 23.8 Å². The first-order valence-corrected chi connectivity index (χ1v) is 9.10. The van der Waals surface area contributed by atoms with E-state index < -0.39 is 23.8 Å². The Labute approximate surface area is 156 Å². The van der Waals surface area contributed by atoms with Gasteiger partial charge in [-0.05, 0) is 0 Å². The molecule has 3 atom stereocenters. The Hall–Kier alpha value is -2.09. The minimum Gasteiger partial charge on any atom is -0.373 e. The van der Waals surface area contributed by atoms with Crippen molar-refractivity contribution < 1.29 is 28.5 Å². The monoisotopic (exact) mass is 368 g/mol. The van der Waals surface area contributed by atoms with Crippen LogP contribution in [0, 0.1) is 0 Å². The number of fused-ring (bicyclic) bond motifs is 1. The molecule has 2 aromatic rings. The summed E-state index contributed by atoms with van der Waals surface area (Å²) in [6, 6.07) is 19.3. The van der Waals surface area contributed by atoms with Gasteiger partial charge in [0.15, 0.2) is 6.10 Å². The minimum atomic E-state index is -1.40. The molecular weight excluding hydrogens is 348 g/mol. The molecule has 3 saturated heterocycles. The van der Waals surface area contributed by atoms with Crippen molar-refractivity contribution in [3.63, 3.8) is 0 Å². The third kappa shape index (κ3) is 2.64. The zero-order valence-corrected chi connectivity index (χ0v) is 14.7. The highest BCUT2D eigenvalue weighted by Crippen LogP contribution is 2.46. The summed E-state index contributed by atoms with van der Waals surface area (Å²) >= 11 is 0. The minimum absolute atomic E-state index is 0.0715. The lowest BCUT2D eigenvalue weighted by Crippen LogP contribution is -2.62. The molecule has 0 radical (unpaired) electrons. The molecule has 3 aliphatic heterocycles. The van der Waals surface area contributed by atoms with Crippen LogP contribution in [0.4, 0.5) is 0 Å². The van der Waals surface area contributed by atoms with Gasteiger partial charge in [0, 0.05) is 11.1 Å². The van der Waals surface area contributed by atoms with E-state index in [4.69, 9.17) is 23.7 Å². The highest BCUT2D eigenvalue weighted by atomic mass is 16.8. The SMILES string of the molecule is O=C1C2OC(c3ccccc3)(c3ccccc3)OC2CO[C@]12COCCO2.